The first-order valence-corrected chi connectivity index (χ1v) is 6.11. The van der Waals surface area contributed by atoms with Gasteiger partial charge in [0.25, 0.3) is 5.91 Å². The number of carbonyl (C=O) groups excluding carboxylic acids is 1. The molecule has 0 aromatic heterocycles. The molecule has 1 rings (SSSR count). The maximum Gasteiger partial charge on any atom is 0.259 e. The zero-order valence-electron chi connectivity index (χ0n) is 10.9. The fourth-order valence-corrected chi connectivity index (χ4v) is 1.70. The number of amides is 1. The minimum atomic E-state index is -0.450. The molecule has 0 atom stereocenters. The second-order valence-corrected chi connectivity index (χ2v) is 4.47. The first-order valence-electron chi connectivity index (χ1n) is 5.74. The molecular formula is C15H16ClNO2. The van der Waals surface area contributed by atoms with E-state index >= 15 is 0 Å². The number of rotatable bonds is 4. The Bertz CT molecular complexity index is 559. The number of benzene rings is 1. The molecule has 0 fully saturated rings. The second kappa shape index (κ2) is 6.81. The number of phenolic OH excluding ortho intramolecular Hbond substituents is 1. The van der Waals surface area contributed by atoms with E-state index in [1.165, 1.54) is 18.2 Å². The summed E-state index contributed by atoms with van der Waals surface area (Å²) >= 11 is 5.79. The van der Waals surface area contributed by atoms with Crippen molar-refractivity contribution in [3.05, 3.63) is 64.9 Å². The number of allylic oxidation sites excluding steroid dienone is 4. The Hall–Kier alpha value is -2.00. The van der Waals surface area contributed by atoms with Gasteiger partial charge >= 0.3 is 0 Å². The van der Waals surface area contributed by atoms with Crippen LogP contribution in [0.15, 0.2) is 54.3 Å². The smallest absolute Gasteiger partial charge is 0.259 e. The maximum absolute atomic E-state index is 11.9. The van der Waals surface area contributed by atoms with E-state index in [1.54, 1.807) is 6.08 Å². The lowest BCUT2D eigenvalue weighted by Gasteiger charge is -2.07. The minimum absolute atomic E-state index is 0.116. The summed E-state index contributed by atoms with van der Waals surface area (Å²) in [7, 11) is 0. The molecule has 0 saturated heterocycles. The Morgan fingerprint density at radius 3 is 2.79 bits per heavy atom. The fraction of sp³-hybridized carbons (Fsp3) is 0.133. The van der Waals surface area contributed by atoms with Crippen molar-refractivity contribution in [2.45, 2.75) is 13.8 Å². The highest BCUT2D eigenvalue weighted by atomic mass is 35.5. The molecule has 1 aromatic carbocycles. The number of carbonyl (C=O) groups is 1. The van der Waals surface area contributed by atoms with Crippen LogP contribution in [0.25, 0.3) is 0 Å². The Morgan fingerprint density at radius 2 is 2.16 bits per heavy atom. The third kappa shape index (κ3) is 4.64. The molecule has 2 N–H and O–H groups in total. The zero-order valence-corrected chi connectivity index (χ0v) is 11.7. The lowest BCUT2D eigenvalue weighted by atomic mass is 10.1. The van der Waals surface area contributed by atoms with Gasteiger partial charge in [-0.2, -0.15) is 0 Å². The molecule has 1 amide bonds. The van der Waals surface area contributed by atoms with Crippen molar-refractivity contribution < 1.29 is 9.90 Å². The Labute approximate surface area is 117 Å². The van der Waals surface area contributed by atoms with Gasteiger partial charge in [0.2, 0.25) is 0 Å². The summed E-state index contributed by atoms with van der Waals surface area (Å²) < 4.78 is 0. The largest absolute Gasteiger partial charge is 0.507 e. The summed E-state index contributed by atoms with van der Waals surface area (Å²) in [6.07, 6.45) is 5.53. The molecule has 100 valence electrons. The molecule has 0 bridgehead atoms. The molecule has 0 aliphatic carbocycles. The zero-order chi connectivity index (χ0) is 14.4. The first kappa shape index (κ1) is 15.1. The van der Waals surface area contributed by atoms with Crippen molar-refractivity contribution in [2.75, 3.05) is 0 Å². The molecule has 0 heterocycles. The number of aromatic hydroxyl groups is 1. The summed E-state index contributed by atoms with van der Waals surface area (Å²) in [6.45, 7) is 7.54. The van der Waals surface area contributed by atoms with E-state index in [0.717, 1.165) is 5.57 Å². The predicted octanol–water partition coefficient (Wildman–Crippen LogP) is 3.81. The average Bonchev–Trinajstić information content (AvgIpc) is 2.32. The SMILES string of the molecule is C=C(C=C(C)C=CC)NC(=O)c1cc(Cl)ccc1O. The topological polar surface area (TPSA) is 49.3 Å². The number of hydrogen-bond acceptors (Lipinski definition) is 2. The number of nitrogens with one attached hydrogen (secondary N) is 1. The first-order chi connectivity index (χ1) is 8.93. The van der Waals surface area contributed by atoms with Crippen molar-refractivity contribution in [3.63, 3.8) is 0 Å². The second-order valence-electron chi connectivity index (χ2n) is 4.03. The van der Waals surface area contributed by atoms with E-state index in [1.807, 2.05) is 26.0 Å². The van der Waals surface area contributed by atoms with E-state index in [4.69, 9.17) is 11.6 Å². The van der Waals surface area contributed by atoms with Crippen molar-refractivity contribution in [1.29, 1.82) is 0 Å². The van der Waals surface area contributed by atoms with Gasteiger partial charge in [0.05, 0.1) is 5.56 Å². The van der Waals surface area contributed by atoms with Gasteiger partial charge in [-0.25, -0.2) is 0 Å². The monoisotopic (exact) mass is 277 g/mol. The molecule has 1 aromatic rings. The van der Waals surface area contributed by atoms with Crippen molar-refractivity contribution in [2.24, 2.45) is 0 Å². The van der Waals surface area contributed by atoms with Gasteiger partial charge in [-0.3, -0.25) is 4.79 Å². The molecule has 0 unspecified atom stereocenters. The van der Waals surface area contributed by atoms with Crippen LogP contribution >= 0.6 is 11.6 Å². The van der Waals surface area contributed by atoms with Crippen LogP contribution in [0, 0.1) is 0 Å². The molecule has 0 radical (unpaired) electrons. The van der Waals surface area contributed by atoms with Crippen molar-refractivity contribution >= 4 is 17.5 Å². The van der Waals surface area contributed by atoms with Crippen LogP contribution in [0.5, 0.6) is 5.75 Å². The standard InChI is InChI=1S/C15H16ClNO2/c1-4-5-10(2)8-11(3)17-15(19)13-9-12(16)6-7-14(13)18/h4-9,18H,3H2,1-2H3,(H,17,19). The number of phenols is 1. The van der Waals surface area contributed by atoms with Crippen LogP contribution in [0.4, 0.5) is 0 Å². The van der Waals surface area contributed by atoms with Gasteiger partial charge in [-0.05, 0) is 43.7 Å². The molecule has 0 aliphatic heterocycles. The van der Waals surface area contributed by atoms with Crippen LogP contribution in [-0.2, 0) is 0 Å². The lowest BCUT2D eigenvalue weighted by molar-refractivity contribution is 0.0964. The Balaban J connectivity index is 2.83. The molecule has 3 nitrogen and oxygen atoms in total. The van der Waals surface area contributed by atoms with Crippen LogP contribution in [0.1, 0.15) is 24.2 Å². The van der Waals surface area contributed by atoms with E-state index < -0.39 is 5.91 Å². The van der Waals surface area contributed by atoms with Crippen LogP contribution < -0.4 is 5.32 Å². The summed E-state index contributed by atoms with van der Waals surface area (Å²) in [4.78, 5) is 11.9. The van der Waals surface area contributed by atoms with Gasteiger partial charge in [0.15, 0.2) is 0 Å². The van der Waals surface area contributed by atoms with Crippen molar-refractivity contribution in [1.82, 2.24) is 5.32 Å². The van der Waals surface area contributed by atoms with Crippen LogP contribution in [0.2, 0.25) is 5.02 Å². The molecule has 19 heavy (non-hydrogen) atoms. The van der Waals surface area contributed by atoms with E-state index in [2.05, 4.69) is 11.9 Å². The van der Waals surface area contributed by atoms with Gasteiger partial charge in [-0.15, -0.1) is 0 Å². The van der Waals surface area contributed by atoms with E-state index in [0.29, 0.717) is 10.7 Å². The summed E-state index contributed by atoms with van der Waals surface area (Å²) in [6, 6.07) is 4.29. The molecular weight excluding hydrogens is 262 g/mol. The summed E-state index contributed by atoms with van der Waals surface area (Å²) in [5.41, 5.74) is 1.52. The highest BCUT2D eigenvalue weighted by Gasteiger charge is 2.11. The highest BCUT2D eigenvalue weighted by molar-refractivity contribution is 6.31. The summed E-state index contributed by atoms with van der Waals surface area (Å²) in [5, 5.41) is 12.6. The van der Waals surface area contributed by atoms with Gasteiger partial charge < -0.3 is 10.4 Å². The normalized spacial score (nSPS) is 11.6. The maximum atomic E-state index is 11.9. The number of hydrogen-bond donors (Lipinski definition) is 2. The fourth-order valence-electron chi connectivity index (χ4n) is 1.53. The third-order valence-electron chi connectivity index (χ3n) is 2.31. The minimum Gasteiger partial charge on any atom is -0.507 e. The lowest BCUT2D eigenvalue weighted by Crippen LogP contribution is -2.21. The number of halogens is 1. The summed E-state index contributed by atoms with van der Waals surface area (Å²) in [5.74, 6) is -0.571. The van der Waals surface area contributed by atoms with E-state index in [9.17, 15) is 9.90 Å². The molecule has 0 saturated carbocycles. The molecule has 0 aliphatic rings. The van der Waals surface area contributed by atoms with E-state index in [-0.39, 0.29) is 11.3 Å². The molecule has 0 spiro atoms. The average molecular weight is 278 g/mol. The van der Waals surface area contributed by atoms with Crippen LogP contribution in [-0.4, -0.2) is 11.0 Å². The van der Waals surface area contributed by atoms with Gasteiger partial charge in [-0.1, -0.05) is 30.3 Å². The molecule has 4 heteroatoms. The van der Waals surface area contributed by atoms with Crippen molar-refractivity contribution in [3.8, 4) is 5.75 Å². The Kier molecular flexibility index (Phi) is 5.39. The Morgan fingerprint density at radius 1 is 1.47 bits per heavy atom. The highest BCUT2D eigenvalue weighted by Crippen LogP contribution is 2.21. The predicted molar refractivity (Wildman–Crippen MR) is 78.3 cm³/mol. The quantitative estimate of drug-likeness (QED) is 0.822. The van der Waals surface area contributed by atoms with Gasteiger partial charge in [0, 0.05) is 10.7 Å². The van der Waals surface area contributed by atoms with Gasteiger partial charge in [0.1, 0.15) is 5.75 Å². The third-order valence-corrected chi connectivity index (χ3v) is 2.54. The van der Waals surface area contributed by atoms with Crippen LogP contribution in [0.3, 0.4) is 0 Å².